The fourth-order valence-corrected chi connectivity index (χ4v) is 6.08. The molecule has 0 radical (unpaired) electrons. The fraction of sp³-hybridized carbons (Fsp3) is 0.316. The van der Waals surface area contributed by atoms with Crippen molar-refractivity contribution in [1.82, 2.24) is 19.4 Å². The molecule has 2 aromatic heterocycles. The van der Waals surface area contributed by atoms with Crippen molar-refractivity contribution in [2.75, 3.05) is 26.2 Å². The number of thiophene rings is 1. The summed E-state index contributed by atoms with van der Waals surface area (Å²) in [6.45, 7) is 5.30. The minimum absolute atomic E-state index is 0.384. The molecule has 0 spiro atoms. The fourth-order valence-electron chi connectivity index (χ4n) is 3.24. The highest BCUT2D eigenvalue weighted by Crippen LogP contribution is 2.32. The molecule has 0 amide bonds. The number of aryl methyl sites for hydroxylation is 1. The lowest BCUT2D eigenvalue weighted by Gasteiger charge is -2.33. The summed E-state index contributed by atoms with van der Waals surface area (Å²) in [5.41, 5.74) is 3.00. The maximum atomic E-state index is 13.0. The van der Waals surface area contributed by atoms with Gasteiger partial charge < -0.3 is 0 Å². The van der Waals surface area contributed by atoms with Crippen molar-refractivity contribution >= 4 is 21.4 Å². The first kappa shape index (κ1) is 18.4. The van der Waals surface area contributed by atoms with E-state index in [1.807, 2.05) is 37.3 Å². The zero-order valence-corrected chi connectivity index (χ0v) is 16.8. The molecule has 3 aromatic rings. The van der Waals surface area contributed by atoms with Crippen LogP contribution in [0, 0.1) is 6.92 Å². The number of sulfonamides is 1. The maximum absolute atomic E-state index is 13.0. The quantitative estimate of drug-likeness (QED) is 0.712. The lowest BCUT2D eigenvalue weighted by molar-refractivity contribution is 0.182. The topological polar surface area (TPSA) is 69.3 Å². The van der Waals surface area contributed by atoms with Gasteiger partial charge in [-0.1, -0.05) is 30.3 Å². The van der Waals surface area contributed by atoms with Crippen molar-refractivity contribution in [2.45, 2.75) is 17.7 Å². The van der Waals surface area contributed by atoms with Gasteiger partial charge in [-0.2, -0.15) is 9.40 Å². The number of hydrogen-bond acceptors (Lipinski definition) is 5. The molecule has 1 N–H and O–H groups in total. The molecule has 27 heavy (non-hydrogen) atoms. The van der Waals surface area contributed by atoms with Crippen molar-refractivity contribution in [3.8, 4) is 10.6 Å². The Bertz CT molecular complexity index is 1000. The summed E-state index contributed by atoms with van der Waals surface area (Å²) < 4.78 is 28.0. The van der Waals surface area contributed by atoms with Crippen LogP contribution in [0.4, 0.5) is 0 Å². The number of rotatable bonds is 5. The minimum atomic E-state index is -3.45. The monoisotopic (exact) mass is 402 g/mol. The minimum Gasteiger partial charge on any atom is -0.296 e. The normalized spacial score (nSPS) is 16.6. The molecule has 3 heterocycles. The highest BCUT2D eigenvalue weighted by atomic mass is 32.2. The number of nitrogens with one attached hydrogen (secondary N) is 1. The molecule has 0 bridgehead atoms. The number of hydrogen-bond donors (Lipinski definition) is 1. The Labute approximate surface area is 163 Å². The second kappa shape index (κ2) is 7.55. The van der Waals surface area contributed by atoms with Gasteiger partial charge in [-0.25, -0.2) is 8.42 Å². The van der Waals surface area contributed by atoms with Crippen molar-refractivity contribution < 1.29 is 8.42 Å². The van der Waals surface area contributed by atoms with E-state index in [4.69, 9.17) is 0 Å². The van der Waals surface area contributed by atoms with E-state index in [-0.39, 0.29) is 0 Å². The number of benzene rings is 1. The Morgan fingerprint density at radius 2 is 1.81 bits per heavy atom. The molecule has 6 nitrogen and oxygen atoms in total. The SMILES string of the molecule is Cc1cc(-c2ccc(S(=O)(=O)N3CCN(Cc4ccccc4)CC3)s2)n[nH]1. The number of aromatic amines is 1. The van der Waals surface area contributed by atoms with Crippen LogP contribution in [0.5, 0.6) is 0 Å². The standard InChI is InChI=1S/C19H22N4O2S2/c1-15-13-17(21-20-15)18-7-8-19(26-18)27(24,25)23-11-9-22(10-12-23)14-16-5-3-2-4-6-16/h2-8,13H,9-12,14H2,1H3,(H,20,21). The van der Waals surface area contributed by atoms with E-state index in [1.165, 1.54) is 16.9 Å². The van der Waals surface area contributed by atoms with Gasteiger partial charge in [0.2, 0.25) is 0 Å². The Morgan fingerprint density at radius 3 is 2.48 bits per heavy atom. The zero-order chi connectivity index (χ0) is 18.9. The molecule has 4 rings (SSSR count). The molecule has 8 heteroatoms. The van der Waals surface area contributed by atoms with Crippen LogP contribution in [0.1, 0.15) is 11.3 Å². The van der Waals surface area contributed by atoms with Gasteiger partial charge in [-0.15, -0.1) is 11.3 Å². The predicted molar refractivity (Wildman–Crippen MR) is 107 cm³/mol. The van der Waals surface area contributed by atoms with Crippen LogP contribution in [0.2, 0.25) is 0 Å². The Balaban J connectivity index is 1.42. The number of aromatic nitrogens is 2. The first-order valence-electron chi connectivity index (χ1n) is 8.91. The molecule has 0 aliphatic carbocycles. The number of H-pyrrole nitrogens is 1. The third kappa shape index (κ3) is 3.98. The number of nitrogens with zero attached hydrogens (tertiary/aromatic N) is 3. The van der Waals surface area contributed by atoms with Gasteiger partial charge in [-0.3, -0.25) is 10.00 Å². The van der Waals surface area contributed by atoms with Crippen LogP contribution in [0.3, 0.4) is 0 Å². The molecular formula is C19H22N4O2S2. The molecule has 142 valence electrons. The molecule has 0 unspecified atom stereocenters. The van der Waals surface area contributed by atoms with Crippen LogP contribution in [0.15, 0.2) is 52.7 Å². The summed E-state index contributed by atoms with van der Waals surface area (Å²) in [5, 5.41) is 7.11. The van der Waals surface area contributed by atoms with Gasteiger partial charge in [0.05, 0.1) is 4.88 Å². The van der Waals surface area contributed by atoms with Gasteiger partial charge in [0.1, 0.15) is 9.90 Å². The third-order valence-electron chi connectivity index (χ3n) is 4.71. The largest absolute Gasteiger partial charge is 0.296 e. The van der Waals surface area contributed by atoms with Gasteiger partial charge in [0.15, 0.2) is 0 Å². The lowest BCUT2D eigenvalue weighted by Crippen LogP contribution is -2.48. The third-order valence-corrected chi connectivity index (χ3v) is 8.19. The molecule has 1 aromatic carbocycles. The summed E-state index contributed by atoms with van der Waals surface area (Å²) >= 11 is 1.28. The van der Waals surface area contributed by atoms with E-state index in [0.717, 1.165) is 35.9 Å². The van der Waals surface area contributed by atoms with E-state index < -0.39 is 10.0 Å². The highest BCUT2D eigenvalue weighted by molar-refractivity contribution is 7.91. The van der Waals surface area contributed by atoms with E-state index in [0.29, 0.717) is 17.3 Å². The summed E-state index contributed by atoms with van der Waals surface area (Å²) in [7, 11) is -3.45. The van der Waals surface area contributed by atoms with Crippen molar-refractivity contribution in [1.29, 1.82) is 0 Å². The van der Waals surface area contributed by atoms with Crippen LogP contribution in [-0.2, 0) is 16.6 Å². The van der Waals surface area contributed by atoms with Gasteiger partial charge in [-0.05, 0) is 30.7 Å². The first-order valence-corrected chi connectivity index (χ1v) is 11.2. The summed E-state index contributed by atoms with van der Waals surface area (Å²) in [5.74, 6) is 0. The molecule has 1 aliphatic rings. The second-order valence-electron chi connectivity index (χ2n) is 6.72. The molecule has 1 fully saturated rings. The van der Waals surface area contributed by atoms with E-state index in [2.05, 4.69) is 27.2 Å². The predicted octanol–water partition coefficient (Wildman–Crippen LogP) is 2.95. The summed E-state index contributed by atoms with van der Waals surface area (Å²) in [6, 6.07) is 15.7. The number of piperazine rings is 1. The first-order chi connectivity index (χ1) is 13.0. The lowest BCUT2D eigenvalue weighted by atomic mass is 10.2. The Kier molecular flexibility index (Phi) is 5.14. The van der Waals surface area contributed by atoms with Crippen molar-refractivity contribution in [2.24, 2.45) is 0 Å². The highest BCUT2D eigenvalue weighted by Gasteiger charge is 2.30. The van der Waals surface area contributed by atoms with Crippen LogP contribution < -0.4 is 0 Å². The summed E-state index contributed by atoms with van der Waals surface area (Å²) in [6.07, 6.45) is 0. The van der Waals surface area contributed by atoms with Crippen LogP contribution >= 0.6 is 11.3 Å². The smallest absolute Gasteiger partial charge is 0.252 e. The van der Waals surface area contributed by atoms with E-state index >= 15 is 0 Å². The van der Waals surface area contributed by atoms with E-state index in [9.17, 15) is 8.42 Å². The maximum Gasteiger partial charge on any atom is 0.252 e. The molecule has 1 saturated heterocycles. The van der Waals surface area contributed by atoms with Gasteiger partial charge >= 0.3 is 0 Å². The van der Waals surface area contributed by atoms with Crippen LogP contribution in [-0.4, -0.2) is 54.0 Å². The zero-order valence-electron chi connectivity index (χ0n) is 15.1. The van der Waals surface area contributed by atoms with Crippen molar-refractivity contribution in [3.63, 3.8) is 0 Å². The molecule has 1 aliphatic heterocycles. The van der Waals surface area contributed by atoms with Crippen molar-refractivity contribution in [3.05, 3.63) is 59.8 Å². The molecule has 0 saturated carbocycles. The van der Waals surface area contributed by atoms with Gasteiger partial charge in [0, 0.05) is 38.4 Å². The average molecular weight is 403 g/mol. The second-order valence-corrected chi connectivity index (χ2v) is 9.97. The van der Waals surface area contributed by atoms with Crippen LogP contribution in [0.25, 0.3) is 10.6 Å². The Morgan fingerprint density at radius 1 is 1.07 bits per heavy atom. The molecular weight excluding hydrogens is 380 g/mol. The van der Waals surface area contributed by atoms with Gasteiger partial charge in [0.25, 0.3) is 10.0 Å². The van der Waals surface area contributed by atoms with E-state index in [1.54, 1.807) is 10.4 Å². The Hall–Kier alpha value is -2.00. The summed E-state index contributed by atoms with van der Waals surface area (Å²) in [4.78, 5) is 3.16. The molecule has 0 atom stereocenters. The average Bonchev–Trinajstić information content (AvgIpc) is 3.32.